The van der Waals surface area contributed by atoms with Gasteiger partial charge in [0.25, 0.3) is 0 Å². The van der Waals surface area contributed by atoms with E-state index in [4.69, 9.17) is 4.74 Å². The summed E-state index contributed by atoms with van der Waals surface area (Å²) in [7, 11) is 1.48. The number of hydrogen-bond donors (Lipinski definition) is 0. The molecule has 1 aliphatic heterocycles. The second-order valence-electron chi connectivity index (χ2n) is 7.62. The van der Waals surface area contributed by atoms with Crippen LogP contribution in [0.4, 0.5) is 23.7 Å². The van der Waals surface area contributed by atoms with Gasteiger partial charge in [-0.1, -0.05) is 19.9 Å². The zero-order valence-electron chi connectivity index (χ0n) is 17.4. The highest BCUT2D eigenvalue weighted by atomic mass is 19.4. The highest BCUT2D eigenvalue weighted by Gasteiger charge is 2.41. The fourth-order valence-electron chi connectivity index (χ4n) is 3.46. The van der Waals surface area contributed by atoms with E-state index in [0.717, 1.165) is 12.3 Å². The van der Waals surface area contributed by atoms with Gasteiger partial charge < -0.3 is 9.64 Å². The Morgan fingerprint density at radius 1 is 1.26 bits per heavy atom. The van der Waals surface area contributed by atoms with Gasteiger partial charge in [0.2, 0.25) is 5.88 Å². The van der Waals surface area contributed by atoms with Gasteiger partial charge >= 0.3 is 12.2 Å². The summed E-state index contributed by atoms with van der Waals surface area (Å²) in [4.78, 5) is 36.1. The van der Waals surface area contributed by atoms with Crippen molar-refractivity contribution in [2.45, 2.75) is 32.5 Å². The van der Waals surface area contributed by atoms with E-state index in [1.807, 2.05) is 13.8 Å². The Hall–Kier alpha value is -3.17. The minimum Gasteiger partial charge on any atom is -0.481 e. The number of Topliss-reactive ketones (excluding diaryl/α,β-unsaturated/α-hetero) is 1. The molecule has 2 amide bonds. The van der Waals surface area contributed by atoms with E-state index in [2.05, 4.69) is 9.97 Å². The number of ether oxygens (including phenoxy) is 1. The maximum Gasteiger partial charge on any atom is 0.433 e. The number of alkyl halides is 3. The summed E-state index contributed by atoms with van der Waals surface area (Å²) in [6.45, 7) is 3.99. The number of urea groups is 1. The summed E-state index contributed by atoms with van der Waals surface area (Å²) in [6.07, 6.45) is -3.49. The number of pyridine rings is 2. The van der Waals surface area contributed by atoms with Crippen molar-refractivity contribution in [3.05, 3.63) is 47.9 Å². The predicted octanol–water partition coefficient (Wildman–Crippen LogP) is 3.58. The van der Waals surface area contributed by atoms with E-state index in [1.54, 1.807) is 18.2 Å². The second kappa shape index (κ2) is 8.91. The largest absolute Gasteiger partial charge is 0.481 e. The van der Waals surface area contributed by atoms with Crippen molar-refractivity contribution < 1.29 is 27.5 Å². The number of rotatable bonds is 7. The first-order valence-electron chi connectivity index (χ1n) is 9.73. The second-order valence-corrected chi connectivity index (χ2v) is 7.62. The van der Waals surface area contributed by atoms with Gasteiger partial charge in [-0.15, -0.1) is 0 Å². The molecule has 1 aliphatic rings. The minimum absolute atomic E-state index is 0.0353. The molecule has 1 saturated heterocycles. The Morgan fingerprint density at radius 2 is 2.00 bits per heavy atom. The number of hydrogen-bond acceptors (Lipinski definition) is 5. The molecule has 0 unspecified atom stereocenters. The van der Waals surface area contributed by atoms with E-state index < -0.39 is 17.9 Å². The van der Waals surface area contributed by atoms with E-state index in [-0.39, 0.29) is 42.9 Å². The Balaban J connectivity index is 1.75. The molecular formula is C21H23F3N4O3. The van der Waals surface area contributed by atoms with Crippen LogP contribution in [0.5, 0.6) is 5.88 Å². The van der Waals surface area contributed by atoms with Gasteiger partial charge in [0.15, 0.2) is 5.78 Å². The predicted molar refractivity (Wildman–Crippen MR) is 107 cm³/mol. The number of nitrogens with zero attached hydrogens (tertiary/aromatic N) is 4. The van der Waals surface area contributed by atoms with Gasteiger partial charge in [-0.2, -0.15) is 13.2 Å². The highest BCUT2D eigenvalue weighted by molar-refractivity contribution is 5.97. The summed E-state index contributed by atoms with van der Waals surface area (Å²) in [5.41, 5.74) is -0.241. The standard InChI is InChI=1S/C21H23F3N4O3/c1-13(2)17-12-27(15-7-8-18(25-10-15)21(22,23)24)20(30)28(17)11-16(29)9-14-5-4-6-19(26-14)31-3/h4-8,10,13,17H,9,11-12H2,1-3H3/t17-/m1/s1. The third-order valence-corrected chi connectivity index (χ3v) is 5.08. The number of halogens is 3. The fourth-order valence-corrected chi connectivity index (χ4v) is 3.46. The van der Waals surface area contributed by atoms with Crippen molar-refractivity contribution in [3.8, 4) is 5.88 Å². The lowest BCUT2D eigenvalue weighted by atomic mass is 10.0. The first-order chi connectivity index (χ1) is 14.6. The number of anilines is 1. The summed E-state index contributed by atoms with van der Waals surface area (Å²) >= 11 is 0. The number of carbonyl (C=O) groups is 2. The summed E-state index contributed by atoms with van der Waals surface area (Å²) in [5, 5.41) is 0. The van der Waals surface area contributed by atoms with Crippen LogP contribution in [-0.2, 0) is 17.4 Å². The molecule has 1 atom stereocenters. The molecule has 3 heterocycles. The average Bonchev–Trinajstić information content (AvgIpc) is 3.04. The first kappa shape index (κ1) is 22.5. The van der Waals surface area contributed by atoms with Crippen LogP contribution >= 0.6 is 0 Å². The van der Waals surface area contributed by atoms with Crippen LogP contribution < -0.4 is 9.64 Å². The fraction of sp³-hybridized carbons (Fsp3) is 0.429. The molecular weight excluding hydrogens is 413 g/mol. The van der Waals surface area contributed by atoms with Crippen molar-refractivity contribution >= 4 is 17.5 Å². The SMILES string of the molecule is COc1cccc(CC(=O)CN2C(=O)N(c3ccc(C(F)(F)F)nc3)C[C@@H]2C(C)C)n1. The van der Waals surface area contributed by atoms with Gasteiger partial charge in [-0.3, -0.25) is 9.69 Å². The summed E-state index contributed by atoms with van der Waals surface area (Å²) < 4.78 is 43.4. The Labute approximate surface area is 177 Å². The zero-order valence-corrected chi connectivity index (χ0v) is 17.4. The molecule has 166 valence electrons. The molecule has 2 aromatic heterocycles. The Morgan fingerprint density at radius 3 is 2.58 bits per heavy atom. The van der Waals surface area contributed by atoms with Crippen molar-refractivity contribution in [2.24, 2.45) is 5.92 Å². The summed E-state index contributed by atoms with van der Waals surface area (Å²) in [5.74, 6) is 0.231. The van der Waals surface area contributed by atoms with Gasteiger partial charge in [0.05, 0.1) is 43.7 Å². The van der Waals surface area contributed by atoms with Crippen molar-refractivity contribution in [2.75, 3.05) is 25.1 Å². The maximum atomic E-state index is 13.0. The van der Waals surface area contributed by atoms with Gasteiger partial charge in [0.1, 0.15) is 5.69 Å². The molecule has 0 radical (unpaired) electrons. The molecule has 3 rings (SSSR count). The lowest BCUT2D eigenvalue weighted by Crippen LogP contribution is -2.41. The highest BCUT2D eigenvalue weighted by Crippen LogP contribution is 2.31. The maximum absolute atomic E-state index is 13.0. The zero-order chi connectivity index (χ0) is 22.8. The Kier molecular flexibility index (Phi) is 6.47. The van der Waals surface area contributed by atoms with Gasteiger partial charge in [-0.05, 0) is 24.1 Å². The average molecular weight is 436 g/mol. The molecule has 0 aliphatic carbocycles. The quantitative estimate of drug-likeness (QED) is 0.663. The third kappa shape index (κ3) is 5.12. The number of aromatic nitrogens is 2. The van der Waals surface area contributed by atoms with E-state index >= 15 is 0 Å². The van der Waals surface area contributed by atoms with Gasteiger partial charge in [-0.25, -0.2) is 14.8 Å². The molecule has 7 nitrogen and oxygen atoms in total. The number of methoxy groups -OCH3 is 1. The molecule has 10 heteroatoms. The lowest BCUT2D eigenvalue weighted by Gasteiger charge is -2.25. The minimum atomic E-state index is -4.55. The number of amides is 2. The van der Waals surface area contributed by atoms with Crippen LogP contribution in [0.15, 0.2) is 36.5 Å². The van der Waals surface area contributed by atoms with Crippen LogP contribution in [0.3, 0.4) is 0 Å². The molecule has 2 aromatic rings. The van der Waals surface area contributed by atoms with Crippen molar-refractivity contribution in [3.63, 3.8) is 0 Å². The molecule has 0 saturated carbocycles. The Bertz CT molecular complexity index is 948. The normalized spacial score (nSPS) is 16.9. The lowest BCUT2D eigenvalue weighted by molar-refractivity contribution is -0.141. The van der Waals surface area contributed by atoms with Crippen LogP contribution in [0.2, 0.25) is 0 Å². The molecule has 1 fully saturated rings. The molecule has 0 N–H and O–H groups in total. The third-order valence-electron chi connectivity index (χ3n) is 5.08. The van der Waals surface area contributed by atoms with Crippen LogP contribution in [0, 0.1) is 5.92 Å². The van der Waals surface area contributed by atoms with Crippen LogP contribution in [0.25, 0.3) is 0 Å². The van der Waals surface area contributed by atoms with E-state index in [9.17, 15) is 22.8 Å². The van der Waals surface area contributed by atoms with Crippen LogP contribution in [0.1, 0.15) is 25.2 Å². The first-order valence-corrected chi connectivity index (χ1v) is 9.73. The smallest absolute Gasteiger partial charge is 0.433 e. The van der Waals surface area contributed by atoms with Crippen molar-refractivity contribution in [1.82, 2.24) is 14.9 Å². The molecule has 0 bridgehead atoms. The van der Waals surface area contributed by atoms with E-state index in [0.29, 0.717) is 11.6 Å². The van der Waals surface area contributed by atoms with Crippen molar-refractivity contribution in [1.29, 1.82) is 0 Å². The topological polar surface area (TPSA) is 75.6 Å². The van der Waals surface area contributed by atoms with Gasteiger partial charge in [0, 0.05) is 12.6 Å². The monoisotopic (exact) mass is 436 g/mol. The molecule has 0 aromatic carbocycles. The molecule has 31 heavy (non-hydrogen) atoms. The number of carbonyl (C=O) groups excluding carboxylic acids is 2. The number of ketones is 1. The van der Waals surface area contributed by atoms with E-state index in [1.165, 1.54) is 23.0 Å². The van der Waals surface area contributed by atoms with Crippen LogP contribution in [-0.4, -0.2) is 52.9 Å². The molecule has 0 spiro atoms. The summed E-state index contributed by atoms with van der Waals surface area (Å²) in [6, 6.07) is 6.45.